The number of hydrogen-bond donors (Lipinski definition) is 2. The highest BCUT2D eigenvalue weighted by Crippen LogP contribution is 2.17. The second-order valence-corrected chi connectivity index (χ2v) is 6.88. The Balaban J connectivity index is 0.00000312. The second-order valence-electron chi connectivity index (χ2n) is 5.32. The van der Waals surface area contributed by atoms with Crippen molar-refractivity contribution in [3.8, 4) is 5.75 Å². The van der Waals surface area contributed by atoms with Crippen LogP contribution in [0.15, 0.2) is 66.1 Å². The molecule has 0 amide bonds. The number of para-hydroxylation sites is 1. The van der Waals surface area contributed by atoms with Crippen LogP contribution in [0.2, 0.25) is 0 Å². The van der Waals surface area contributed by atoms with Gasteiger partial charge in [0.05, 0.1) is 4.90 Å². The van der Waals surface area contributed by atoms with E-state index >= 15 is 0 Å². The molecule has 0 aliphatic rings. The van der Waals surface area contributed by atoms with Crippen LogP contribution in [0.1, 0.15) is 11.1 Å². The summed E-state index contributed by atoms with van der Waals surface area (Å²) >= 11 is 0. The van der Waals surface area contributed by atoms with Gasteiger partial charge in [-0.2, -0.15) is 0 Å². The summed E-state index contributed by atoms with van der Waals surface area (Å²) < 4.78 is 28.1. The molecule has 0 heterocycles. The average Bonchev–Trinajstić information content (AvgIpc) is 2.57. The minimum atomic E-state index is -3.63. The fourth-order valence-corrected chi connectivity index (χ4v) is 2.76. The van der Waals surface area contributed by atoms with E-state index in [-0.39, 0.29) is 17.3 Å². The van der Waals surface area contributed by atoms with E-state index in [2.05, 4.69) is 11.9 Å². The highest BCUT2D eigenvalue weighted by molar-refractivity contribution is 7.89. The van der Waals surface area contributed by atoms with Crippen LogP contribution in [0.3, 0.4) is 0 Å². The maximum absolute atomic E-state index is 11.2. The zero-order chi connectivity index (χ0) is 17.4. The molecule has 0 saturated heterocycles. The van der Waals surface area contributed by atoms with Crippen molar-refractivity contribution in [1.29, 1.82) is 0 Å². The van der Waals surface area contributed by atoms with E-state index in [1.807, 2.05) is 24.3 Å². The molecular weight excluding hydrogens is 360 g/mol. The van der Waals surface area contributed by atoms with Crippen molar-refractivity contribution in [2.24, 2.45) is 5.14 Å². The van der Waals surface area contributed by atoms with E-state index in [1.165, 1.54) is 12.1 Å². The SMILES string of the molecule is C=CCOc1ccccc1CNCCc1ccc(S(N)(=O)=O)cc1.[Cl-]. The number of nitrogens with two attached hydrogens (primary N) is 1. The van der Waals surface area contributed by atoms with E-state index in [1.54, 1.807) is 18.2 Å². The lowest BCUT2D eigenvalue weighted by Crippen LogP contribution is -3.00. The Bertz CT molecular complexity index is 777. The molecule has 0 aromatic heterocycles. The molecule has 2 aromatic carbocycles. The van der Waals surface area contributed by atoms with Gasteiger partial charge in [0, 0.05) is 12.1 Å². The standard InChI is InChI=1S/C18H22N2O3S.ClH/c1-2-13-23-18-6-4-3-5-16(18)14-20-12-11-15-7-9-17(10-8-15)24(19,21)22;/h2-10,20H,1,11-14H2,(H2,19,21,22);1H/p-1. The molecule has 0 aliphatic carbocycles. The van der Waals surface area contributed by atoms with Crippen molar-refractivity contribution in [1.82, 2.24) is 5.32 Å². The number of benzene rings is 2. The maximum Gasteiger partial charge on any atom is 0.238 e. The lowest BCUT2D eigenvalue weighted by Gasteiger charge is -2.11. The molecule has 2 rings (SSSR count). The van der Waals surface area contributed by atoms with Gasteiger partial charge < -0.3 is 22.5 Å². The van der Waals surface area contributed by atoms with Crippen LogP contribution in [0.4, 0.5) is 0 Å². The highest BCUT2D eigenvalue weighted by Gasteiger charge is 2.06. The number of nitrogens with one attached hydrogen (secondary N) is 1. The molecule has 5 nitrogen and oxygen atoms in total. The molecule has 0 saturated carbocycles. The Labute approximate surface area is 155 Å². The Kier molecular flexibility index (Phi) is 8.65. The zero-order valence-electron chi connectivity index (χ0n) is 13.8. The fourth-order valence-electron chi connectivity index (χ4n) is 2.24. The van der Waals surface area contributed by atoms with Crippen molar-refractivity contribution in [2.45, 2.75) is 17.9 Å². The van der Waals surface area contributed by atoms with Gasteiger partial charge >= 0.3 is 0 Å². The van der Waals surface area contributed by atoms with Gasteiger partial charge in [-0.3, -0.25) is 0 Å². The first kappa shape index (κ1) is 21.2. The molecule has 3 N–H and O–H groups in total. The molecule has 136 valence electrons. The van der Waals surface area contributed by atoms with Gasteiger partial charge in [-0.1, -0.05) is 43.0 Å². The molecule has 0 radical (unpaired) electrons. The van der Waals surface area contributed by atoms with E-state index in [0.717, 1.165) is 29.8 Å². The summed E-state index contributed by atoms with van der Waals surface area (Å²) in [6.07, 6.45) is 2.51. The third-order valence-corrected chi connectivity index (χ3v) is 4.42. The molecule has 0 bridgehead atoms. The first-order valence-electron chi connectivity index (χ1n) is 7.65. The molecule has 0 atom stereocenters. The van der Waals surface area contributed by atoms with Crippen LogP contribution in [0, 0.1) is 0 Å². The molecular formula is C18H22ClN2O3S-. The van der Waals surface area contributed by atoms with Crippen LogP contribution in [0.25, 0.3) is 0 Å². The highest BCUT2D eigenvalue weighted by atomic mass is 35.5. The van der Waals surface area contributed by atoms with E-state index in [9.17, 15) is 8.42 Å². The summed E-state index contributed by atoms with van der Waals surface area (Å²) in [5.41, 5.74) is 2.13. The summed E-state index contributed by atoms with van der Waals surface area (Å²) in [6.45, 7) is 5.59. The summed E-state index contributed by atoms with van der Waals surface area (Å²) in [4.78, 5) is 0.132. The average molecular weight is 382 g/mol. The van der Waals surface area contributed by atoms with Gasteiger partial charge in [0.25, 0.3) is 0 Å². The molecule has 25 heavy (non-hydrogen) atoms. The molecule has 0 spiro atoms. The predicted octanol–water partition coefficient (Wildman–Crippen LogP) is -0.765. The van der Waals surface area contributed by atoms with Gasteiger partial charge in [0.15, 0.2) is 0 Å². The quantitative estimate of drug-likeness (QED) is 0.442. The molecule has 0 aliphatic heterocycles. The number of sulfonamides is 1. The van der Waals surface area contributed by atoms with Gasteiger partial charge in [-0.05, 0) is 36.7 Å². The zero-order valence-corrected chi connectivity index (χ0v) is 15.4. The number of primary sulfonamides is 1. The van der Waals surface area contributed by atoms with E-state index < -0.39 is 10.0 Å². The third kappa shape index (κ3) is 6.88. The third-order valence-electron chi connectivity index (χ3n) is 3.49. The normalized spacial score (nSPS) is 10.8. The topological polar surface area (TPSA) is 81.4 Å². The van der Waals surface area contributed by atoms with Gasteiger partial charge in [-0.15, -0.1) is 0 Å². The van der Waals surface area contributed by atoms with Gasteiger partial charge in [0.1, 0.15) is 12.4 Å². The minimum absolute atomic E-state index is 0. The Morgan fingerprint density at radius 3 is 2.44 bits per heavy atom. The maximum atomic E-state index is 11.2. The monoisotopic (exact) mass is 381 g/mol. The largest absolute Gasteiger partial charge is 1.00 e. The Morgan fingerprint density at radius 1 is 1.12 bits per heavy atom. The van der Waals surface area contributed by atoms with Crippen LogP contribution in [-0.2, 0) is 23.0 Å². The van der Waals surface area contributed by atoms with Crippen molar-refractivity contribution >= 4 is 10.0 Å². The second kappa shape index (κ2) is 10.2. The van der Waals surface area contributed by atoms with Crippen molar-refractivity contribution < 1.29 is 25.6 Å². The number of rotatable bonds is 9. The first-order chi connectivity index (χ1) is 11.5. The molecule has 0 fully saturated rings. The number of hydrogen-bond acceptors (Lipinski definition) is 4. The van der Waals surface area contributed by atoms with Crippen molar-refractivity contribution in [3.05, 3.63) is 72.3 Å². The smallest absolute Gasteiger partial charge is 0.238 e. The van der Waals surface area contributed by atoms with Crippen LogP contribution in [-0.4, -0.2) is 21.6 Å². The summed E-state index contributed by atoms with van der Waals surface area (Å²) in [5, 5.41) is 8.45. The molecule has 7 heteroatoms. The molecule has 0 unspecified atom stereocenters. The first-order valence-corrected chi connectivity index (χ1v) is 9.19. The van der Waals surface area contributed by atoms with E-state index in [0.29, 0.717) is 13.2 Å². The minimum Gasteiger partial charge on any atom is -1.00 e. The lowest BCUT2D eigenvalue weighted by atomic mass is 10.1. The lowest BCUT2D eigenvalue weighted by molar-refractivity contribution is -0.00000792. The Hall–Kier alpha value is -1.86. The predicted molar refractivity (Wildman–Crippen MR) is 95.4 cm³/mol. The number of halogens is 1. The van der Waals surface area contributed by atoms with Gasteiger partial charge in [0.2, 0.25) is 10.0 Å². The van der Waals surface area contributed by atoms with E-state index in [4.69, 9.17) is 9.88 Å². The number of ether oxygens (including phenoxy) is 1. The summed E-state index contributed by atoms with van der Waals surface area (Å²) in [5.74, 6) is 0.849. The summed E-state index contributed by atoms with van der Waals surface area (Å²) in [6, 6.07) is 14.5. The van der Waals surface area contributed by atoms with Crippen LogP contribution >= 0.6 is 0 Å². The van der Waals surface area contributed by atoms with Gasteiger partial charge in [-0.25, -0.2) is 13.6 Å². The fraction of sp³-hybridized carbons (Fsp3) is 0.222. The summed E-state index contributed by atoms with van der Waals surface area (Å²) in [7, 11) is -3.63. The van der Waals surface area contributed by atoms with Crippen LogP contribution < -0.4 is 27.6 Å². The Morgan fingerprint density at radius 2 is 1.80 bits per heavy atom. The van der Waals surface area contributed by atoms with Crippen molar-refractivity contribution in [3.63, 3.8) is 0 Å². The molecule has 2 aromatic rings. The van der Waals surface area contributed by atoms with Crippen LogP contribution in [0.5, 0.6) is 5.75 Å². The van der Waals surface area contributed by atoms with Crippen molar-refractivity contribution in [2.75, 3.05) is 13.2 Å².